The molecule has 0 amide bonds. The van der Waals surface area contributed by atoms with Gasteiger partial charge in [0.05, 0.1) is 4.90 Å². The molecule has 0 N–H and O–H groups in total. The van der Waals surface area contributed by atoms with E-state index in [2.05, 4.69) is 0 Å². The number of rotatable bonds is 5. The second-order valence-electron chi connectivity index (χ2n) is 4.98. The molecule has 20 heavy (non-hydrogen) atoms. The molecule has 5 heteroatoms. The van der Waals surface area contributed by atoms with Gasteiger partial charge in [-0.15, -0.1) is 0 Å². The normalized spacial score (nSPS) is 19.4. The number of Topliss-reactive ketones (excluding diaryl/α,β-unsaturated/α-hetero) is 1. The maximum atomic E-state index is 12.6. The molecule has 1 aliphatic heterocycles. The summed E-state index contributed by atoms with van der Waals surface area (Å²) >= 11 is 0. The third-order valence-electron chi connectivity index (χ3n) is 3.37. The van der Waals surface area contributed by atoms with E-state index in [1.54, 1.807) is 36.4 Å². The zero-order valence-electron chi connectivity index (χ0n) is 11.7. The van der Waals surface area contributed by atoms with Crippen LogP contribution >= 0.6 is 0 Å². The fourth-order valence-electron chi connectivity index (χ4n) is 2.26. The number of ketones is 1. The Morgan fingerprint density at radius 3 is 2.55 bits per heavy atom. The fraction of sp³-hybridized carbons (Fsp3) is 0.400. The highest BCUT2D eigenvalue weighted by Crippen LogP contribution is 2.23. The molecule has 0 fully saturated rings. The van der Waals surface area contributed by atoms with Gasteiger partial charge in [-0.1, -0.05) is 36.8 Å². The van der Waals surface area contributed by atoms with Crippen molar-refractivity contribution in [3.8, 4) is 0 Å². The summed E-state index contributed by atoms with van der Waals surface area (Å²) in [5.74, 6) is -0.0445. The van der Waals surface area contributed by atoms with Crippen molar-refractivity contribution in [2.24, 2.45) is 0 Å². The first-order chi connectivity index (χ1) is 9.46. The number of carbonyl (C=O) groups is 1. The Balaban J connectivity index is 2.29. The van der Waals surface area contributed by atoms with E-state index in [9.17, 15) is 13.2 Å². The summed E-state index contributed by atoms with van der Waals surface area (Å²) in [7, 11) is -3.62. The second kappa shape index (κ2) is 5.89. The largest absolute Gasteiger partial charge is 0.298 e. The monoisotopic (exact) mass is 293 g/mol. The zero-order valence-corrected chi connectivity index (χ0v) is 12.6. The molecule has 2 rings (SSSR count). The molecule has 1 unspecified atom stereocenters. The van der Waals surface area contributed by atoms with Gasteiger partial charge in [0.1, 0.15) is 6.04 Å². The lowest BCUT2D eigenvalue weighted by molar-refractivity contribution is -0.121. The number of nitrogens with zero attached hydrogens (tertiary/aromatic N) is 1. The minimum absolute atomic E-state index is 0.0445. The van der Waals surface area contributed by atoms with Gasteiger partial charge in [-0.2, -0.15) is 4.31 Å². The number of carbonyl (C=O) groups excluding carboxylic acids is 1. The summed E-state index contributed by atoms with van der Waals surface area (Å²) in [6.45, 7) is 4.08. The van der Waals surface area contributed by atoms with Gasteiger partial charge in [0.25, 0.3) is 0 Å². The fourth-order valence-corrected chi connectivity index (χ4v) is 3.78. The van der Waals surface area contributed by atoms with E-state index in [4.69, 9.17) is 0 Å². The Hall–Kier alpha value is -1.46. The SMILES string of the molecule is CCCC(=O)C1C=CCN1S(=O)(=O)c1ccc(C)cc1. The quantitative estimate of drug-likeness (QED) is 0.783. The molecule has 108 valence electrons. The number of sulfonamides is 1. The van der Waals surface area contributed by atoms with Crippen molar-refractivity contribution in [3.05, 3.63) is 42.0 Å². The van der Waals surface area contributed by atoms with Crippen LogP contribution in [0.15, 0.2) is 41.3 Å². The van der Waals surface area contributed by atoms with E-state index in [0.29, 0.717) is 6.42 Å². The van der Waals surface area contributed by atoms with Crippen LogP contribution in [0.3, 0.4) is 0 Å². The van der Waals surface area contributed by atoms with Gasteiger partial charge >= 0.3 is 0 Å². The van der Waals surface area contributed by atoms with Crippen molar-refractivity contribution >= 4 is 15.8 Å². The van der Waals surface area contributed by atoms with E-state index < -0.39 is 16.1 Å². The van der Waals surface area contributed by atoms with Crippen molar-refractivity contribution in [1.82, 2.24) is 4.31 Å². The minimum Gasteiger partial charge on any atom is -0.298 e. The summed E-state index contributed by atoms with van der Waals surface area (Å²) in [4.78, 5) is 12.3. The molecule has 1 heterocycles. The molecular weight excluding hydrogens is 274 g/mol. The third kappa shape index (κ3) is 2.83. The molecule has 1 aromatic rings. The van der Waals surface area contributed by atoms with E-state index in [-0.39, 0.29) is 17.2 Å². The predicted octanol–water partition coefficient (Wildman–Crippen LogP) is 2.29. The van der Waals surface area contributed by atoms with Gasteiger partial charge in [-0.3, -0.25) is 4.79 Å². The Kier molecular flexibility index (Phi) is 4.40. The van der Waals surface area contributed by atoms with E-state index >= 15 is 0 Å². The molecule has 0 saturated heterocycles. The van der Waals surface area contributed by atoms with Crippen molar-refractivity contribution in [3.63, 3.8) is 0 Å². The Morgan fingerprint density at radius 1 is 1.30 bits per heavy atom. The van der Waals surface area contributed by atoms with Crippen LogP contribution < -0.4 is 0 Å². The summed E-state index contributed by atoms with van der Waals surface area (Å²) in [6.07, 6.45) is 4.55. The standard InChI is InChI=1S/C15H19NO3S/c1-3-5-15(17)14-6-4-11-16(14)20(18,19)13-9-7-12(2)8-10-13/h4,6-10,14H,3,5,11H2,1-2H3. The highest BCUT2D eigenvalue weighted by molar-refractivity contribution is 7.89. The molecule has 0 saturated carbocycles. The first-order valence-electron chi connectivity index (χ1n) is 6.74. The third-order valence-corrected chi connectivity index (χ3v) is 5.23. The molecule has 1 aromatic carbocycles. The molecule has 0 aromatic heterocycles. The first kappa shape index (κ1) is 14.9. The van der Waals surface area contributed by atoms with Crippen LogP contribution in [-0.4, -0.2) is 31.1 Å². The smallest absolute Gasteiger partial charge is 0.244 e. The van der Waals surface area contributed by atoms with Crippen LogP contribution in [0.1, 0.15) is 25.3 Å². The highest BCUT2D eigenvalue weighted by atomic mass is 32.2. The predicted molar refractivity (Wildman–Crippen MR) is 77.9 cm³/mol. The molecule has 0 bridgehead atoms. The molecule has 0 aliphatic carbocycles. The Labute approximate surface area is 120 Å². The molecule has 1 atom stereocenters. The minimum atomic E-state index is -3.62. The van der Waals surface area contributed by atoms with Gasteiger partial charge in [-0.25, -0.2) is 8.42 Å². The number of benzene rings is 1. The van der Waals surface area contributed by atoms with E-state index in [1.165, 1.54) is 4.31 Å². The molecule has 1 aliphatic rings. The van der Waals surface area contributed by atoms with Crippen LogP contribution in [0.4, 0.5) is 0 Å². The molecule has 4 nitrogen and oxygen atoms in total. The Bertz CT molecular complexity index is 617. The average molecular weight is 293 g/mol. The van der Waals surface area contributed by atoms with Crippen LogP contribution in [0.2, 0.25) is 0 Å². The zero-order chi connectivity index (χ0) is 14.8. The number of hydrogen-bond acceptors (Lipinski definition) is 3. The van der Waals surface area contributed by atoms with Crippen molar-refractivity contribution in [1.29, 1.82) is 0 Å². The van der Waals surface area contributed by atoms with Crippen molar-refractivity contribution in [2.75, 3.05) is 6.54 Å². The lowest BCUT2D eigenvalue weighted by Crippen LogP contribution is -2.40. The van der Waals surface area contributed by atoms with Crippen LogP contribution in [-0.2, 0) is 14.8 Å². The van der Waals surface area contributed by atoms with E-state index in [1.807, 2.05) is 13.8 Å². The molecule has 0 spiro atoms. The number of aryl methyl sites for hydroxylation is 1. The second-order valence-corrected chi connectivity index (χ2v) is 6.87. The maximum Gasteiger partial charge on any atom is 0.244 e. The summed E-state index contributed by atoms with van der Waals surface area (Å²) in [6, 6.07) is 6.05. The Morgan fingerprint density at radius 2 is 1.95 bits per heavy atom. The maximum absolute atomic E-state index is 12.6. The first-order valence-corrected chi connectivity index (χ1v) is 8.18. The van der Waals surface area contributed by atoms with Gasteiger partial charge in [0, 0.05) is 13.0 Å². The van der Waals surface area contributed by atoms with Gasteiger partial charge in [0.15, 0.2) is 5.78 Å². The van der Waals surface area contributed by atoms with Crippen LogP contribution in [0, 0.1) is 6.92 Å². The lowest BCUT2D eigenvalue weighted by atomic mass is 10.1. The summed E-state index contributed by atoms with van der Waals surface area (Å²) in [5.41, 5.74) is 1.00. The number of hydrogen-bond donors (Lipinski definition) is 0. The average Bonchev–Trinajstić information content (AvgIpc) is 2.89. The van der Waals surface area contributed by atoms with Gasteiger partial charge in [0.2, 0.25) is 10.0 Å². The van der Waals surface area contributed by atoms with Crippen molar-refractivity contribution in [2.45, 2.75) is 37.6 Å². The van der Waals surface area contributed by atoms with Crippen molar-refractivity contribution < 1.29 is 13.2 Å². The van der Waals surface area contributed by atoms with E-state index in [0.717, 1.165) is 12.0 Å². The summed E-state index contributed by atoms with van der Waals surface area (Å²) < 4.78 is 26.5. The van der Waals surface area contributed by atoms with Gasteiger partial charge in [-0.05, 0) is 25.5 Å². The molecular formula is C15H19NO3S. The van der Waals surface area contributed by atoms with Crippen LogP contribution in [0.5, 0.6) is 0 Å². The lowest BCUT2D eigenvalue weighted by Gasteiger charge is -2.23. The highest BCUT2D eigenvalue weighted by Gasteiger charge is 2.35. The van der Waals surface area contributed by atoms with Gasteiger partial charge < -0.3 is 0 Å². The summed E-state index contributed by atoms with van der Waals surface area (Å²) in [5, 5.41) is 0. The topological polar surface area (TPSA) is 54.5 Å². The van der Waals surface area contributed by atoms with Crippen LogP contribution in [0.25, 0.3) is 0 Å². The molecule has 0 radical (unpaired) electrons.